The van der Waals surface area contributed by atoms with E-state index in [1.165, 1.54) is 0 Å². The molecule has 3 amide bonds. The molecule has 2 rings (SSSR count). The number of amides is 3. The van der Waals surface area contributed by atoms with Gasteiger partial charge in [-0.1, -0.05) is 42.5 Å². The van der Waals surface area contributed by atoms with Crippen LogP contribution in [0.2, 0.25) is 0 Å². The van der Waals surface area contributed by atoms with Gasteiger partial charge < -0.3 is 10.6 Å². The first-order chi connectivity index (χ1) is 11.5. The van der Waals surface area contributed by atoms with Gasteiger partial charge in [-0.25, -0.2) is 10.3 Å². The van der Waals surface area contributed by atoms with E-state index >= 15 is 0 Å². The summed E-state index contributed by atoms with van der Waals surface area (Å²) in [4.78, 5) is 23.4. The zero-order valence-electron chi connectivity index (χ0n) is 13.6. The van der Waals surface area contributed by atoms with Crippen molar-refractivity contribution in [1.82, 2.24) is 16.1 Å². The van der Waals surface area contributed by atoms with Crippen LogP contribution in [-0.2, 0) is 0 Å². The van der Waals surface area contributed by atoms with Gasteiger partial charge in [0.15, 0.2) is 0 Å². The van der Waals surface area contributed by atoms with Gasteiger partial charge in [-0.3, -0.25) is 10.0 Å². The van der Waals surface area contributed by atoms with Crippen molar-refractivity contribution < 1.29 is 14.8 Å². The SMILES string of the molecule is C[C@H](NC(=O)N[C@H](C)c1ccc(C(=O)NO)cc1)c1ccccc1. The van der Waals surface area contributed by atoms with Gasteiger partial charge in [-0.2, -0.15) is 0 Å². The number of hydrogen-bond donors (Lipinski definition) is 4. The van der Waals surface area contributed by atoms with Crippen LogP contribution >= 0.6 is 0 Å². The van der Waals surface area contributed by atoms with E-state index in [4.69, 9.17) is 5.21 Å². The Balaban J connectivity index is 1.92. The molecule has 6 heteroatoms. The average molecular weight is 327 g/mol. The van der Waals surface area contributed by atoms with E-state index in [1.54, 1.807) is 29.7 Å². The molecule has 4 N–H and O–H groups in total. The first-order valence-electron chi connectivity index (χ1n) is 7.67. The number of hydrogen-bond acceptors (Lipinski definition) is 3. The number of nitrogens with one attached hydrogen (secondary N) is 3. The lowest BCUT2D eigenvalue weighted by atomic mass is 10.1. The molecule has 126 valence electrons. The van der Waals surface area contributed by atoms with Crippen molar-refractivity contribution in [1.29, 1.82) is 0 Å². The van der Waals surface area contributed by atoms with Crippen molar-refractivity contribution in [2.24, 2.45) is 0 Å². The second kappa shape index (κ2) is 8.12. The summed E-state index contributed by atoms with van der Waals surface area (Å²) in [5.74, 6) is -0.573. The Morgan fingerprint density at radius 1 is 0.833 bits per heavy atom. The summed E-state index contributed by atoms with van der Waals surface area (Å²) in [6.07, 6.45) is 0. The molecule has 0 saturated carbocycles. The maximum atomic E-state index is 12.1. The van der Waals surface area contributed by atoms with Gasteiger partial charge in [0.2, 0.25) is 0 Å². The molecule has 0 aliphatic heterocycles. The van der Waals surface area contributed by atoms with Crippen LogP contribution in [0.25, 0.3) is 0 Å². The Hall–Kier alpha value is -2.86. The van der Waals surface area contributed by atoms with E-state index in [9.17, 15) is 9.59 Å². The summed E-state index contributed by atoms with van der Waals surface area (Å²) in [5.41, 5.74) is 3.80. The Morgan fingerprint density at radius 3 is 1.83 bits per heavy atom. The fourth-order valence-corrected chi connectivity index (χ4v) is 2.33. The fraction of sp³-hybridized carbons (Fsp3) is 0.222. The van der Waals surface area contributed by atoms with Crippen molar-refractivity contribution in [3.05, 3.63) is 71.3 Å². The van der Waals surface area contributed by atoms with E-state index in [2.05, 4.69) is 10.6 Å². The number of carbonyl (C=O) groups excluding carboxylic acids is 2. The summed E-state index contributed by atoms with van der Waals surface area (Å²) in [7, 11) is 0. The lowest BCUT2D eigenvalue weighted by Crippen LogP contribution is -2.38. The third kappa shape index (κ3) is 4.57. The van der Waals surface area contributed by atoms with E-state index < -0.39 is 5.91 Å². The molecule has 0 spiro atoms. The Kier molecular flexibility index (Phi) is 5.92. The number of urea groups is 1. The smallest absolute Gasteiger partial charge is 0.315 e. The zero-order chi connectivity index (χ0) is 17.5. The van der Waals surface area contributed by atoms with Crippen molar-refractivity contribution in [2.75, 3.05) is 0 Å². The molecule has 24 heavy (non-hydrogen) atoms. The monoisotopic (exact) mass is 327 g/mol. The van der Waals surface area contributed by atoms with Gasteiger partial charge >= 0.3 is 6.03 Å². The van der Waals surface area contributed by atoms with Gasteiger partial charge in [0, 0.05) is 5.56 Å². The normalized spacial score (nSPS) is 12.8. The van der Waals surface area contributed by atoms with Crippen LogP contribution in [0.4, 0.5) is 4.79 Å². The van der Waals surface area contributed by atoms with Crippen LogP contribution in [0.3, 0.4) is 0 Å². The maximum absolute atomic E-state index is 12.1. The molecular weight excluding hydrogens is 306 g/mol. The van der Waals surface area contributed by atoms with Crippen LogP contribution in [0, 0.1) is 0 Å². The molecule has 0 bridgehead atoms. The molecule has 0 aliphatic rings. The summed E-state index contributed by atoms with van der Waals surface area (Å²) >= 11 is 0. The maximum Gasteiger partial charge on any atom is 0.315 e. The second-order valence-corrected chi connectivity index (χ2v) is 5.53. The predicted molar refractivity (Wildman–Crippen MR) is 90.6 cm³/mol. The molecule has 0 saturated heterocycles. The van der Waals surface area contributed by atoms with E-state index in [-0.39, 0.29) is 18.1 Å². The topological polar surface area (TPSA) is 90.5 Å². The third-order valence-corrected chi connectivity index (χ3v) is 3.77. The largest absolute Gasteiger partial charge is 0.332 e. The zero-order valence-corrected chi connectivity index (χ0v) is 13.6. The molecule has 0 heterocycles. The highest BCUT2D eigenvalue weighted by Crippen LogP contribution is 2.15. The van der Waals surface area contributed by atoms with Gasteiger partial charge in [-0.15, -0.1) is 0 Å². The highest BCUT2D eigenvalue weighted by Gasteiger charge is 2.13. The minimum Gasteiger partial charge on any atom is -0.332 e. The first kappa shape index (κ1) is 17.5. The Bertz CT molecular complexity index is 686. The molecule has 2 atom stereocenters. The van der Waals surface area contributed by atoms with Crippen LogP contribution in [0.15, 0.2) is 54.6 Å². The molecule has 0 radical (unpaired) electrons. The van der Waals surface area contributed by atoms with Crippen LogP contribution in [0.1, 0.15) is 47.4 Å². The Morgan fingerprint density at radius 2 is 1.33 bits per heavy atom. The quantitative estimate of drug-likeness (QED) is 0.503. The molecule has 0 aromatic heterocycles. The third-order valence-electron chi connectivity index (χ3n) is 3.77. The molecule has 0 aliphatic carbocycles. The minimum absolute atomic E-state index is 0.103. The number of rotatable bonds is 5. The van der Waals surface area contributed by atoms with Crippen LogP contribution < -0.4 is 16.1 Å². The molecular formula is C18H21N3O3. The van der Waals surface area contributed by atoms with Gasteiger partial charge in [0.05, 0.1) is 12.1 Å². The highest BCUT2D eigenvalue weighted by molar-refractivity contribution is 5.93. The second-order valence-electron chi connectivity index (χ2n) is 5.53. The number of carbonyl (C=O) groups is 2. The van der Waals surface area contributed by atoms with Crippen molar-refractivity contribution >= 4 is 11.9 Å². The molecule has 6 nitrogen and oxygen atoms in total. The molecule has 0 fully saturated rings. The lowest BCUT2D eigenvalue weighted by Gasteiger charge is -2.19. The summed E-state index contributed by atoms with van der Waals surface area (Å²) in [6, 6.07) is 15.7. The minimum atomic E-state index is -0.573. The summed E-state index contributed by atoms with van der Waals surface area (Å²) in [5, 5.41) is 14.3. The van der Waals surface area contributed by atoms with E-state index in [1.807, 2.05) is 44.2 Å². The molecule has 2 aromatic rings. The molecule has 0 unspecified atom stereocenters. The predicted octanol–water partition coefficient (Wildman–Crippen LogP) is 2.93. The van der Waals surface area contributed by atoms with Crippen molar-refractivity contribution in [3.63, 3.8) is 0 Å². The fourth-order valence-electron chi connectivity index (χ4n) is 2.33. The lowest BCUT2D eigenvalue weighted by molar-refractivity contribution is 0.0706. The standard InChI is InChI=1S/C18H21N3O3/c1-12(14-6-4-3-5-7-14)19-18(23)20-13(2)15-8-10-16(11-9-15)17(22)21-24/h3-13,24H,1-2H3,(H,21,22)(H2,19,20,23)/t12-,13+/m0/s1. The van der Waals surface area contributed by atoms with Crippen LogP contribution in [-0.4, -0.2) is 17.1 Å². The Labute approximate surface area is 140 Å². The molecule has 2 aromatic carbocycles. The van der Waals surface area contributed by atoms with Crippen molar-refractivity contribution in [2.45, 2.75) is 25.9 Å². The van der Waals surface area contributed by atoms with E-state index in [0.717, 1.165) is 11.1 Å². The number of benzene rings is 2. The van der Waals surface area contributed by atoms with Crippen molar-refractivity contribution in [3.8, 4) is 0 Å². The van der Waals surface area contributed by atoms with Crippen LogP contribution in [0.5, 0.6) is 0 Å². The first-order valence-corrected chi connectivity index (χ1v) is 7.67. The van der Waals surface area contributed by atoms with Gasteiger partial charge in [-0.05, 0) is 37.1 Å². The summed E-state index contributed by atoms with van der Waals surface area (Å²) < 4.78 is 0. The van der Waals surface area contributed by atoms with Gasteiger partial charge in [0.1, 0.15) is 0 Å². The summed E-state index contributed by atoms with van der Waals surface area (Å²) in [6.45, 7) is 3.77. The van der Waals surface area contributed by atoms with Gasteiger partial charge in [0.25, 0.3) is 5.91 Å². The van der Waals surface area contributed by atoms with E-state index in [0.29, 0.717) is 5.56 Å². The highest BCUT2D eigenvalue weighted by atomic mass is 16.5. The average Bonchev–Trinajstić information content (AvgIpc) is 2.61. The number of hydroxylamine groups is 1.